The van der Waals surface area contributed by atoms with Crippen molar-refractivity contribution >= 4 is 11.9 Å². The van der Waals surface area contributed by atoms with Crippen LogP contribution in [0.5, 0.6) is 11.5 Å². The molecule has 1 aliphatic heterocycles. The maximum atomic E-state index is 13.2. The highest BCUT2D eigenvalue weighted by Crippen LogP contribution is 2.30. The van der Waals surface area contributed by atoms with Crippen LogP contribution in [-0.2, 0) is 10.2 Å². The molecule has 1 unspecified atom stereocenters. The Balaban J connectivity index is 1.74. The van der Waals surface area contributed by atoms with Gasteiger partial charge >= 0.3 is 0 Å². The lowest BCUT2D eigenvalue weighted by Gasteiger charge is -2.23. The maximum absolute atomic E-state index is 13.2. The van der Waals surface area contributed by atoms with Crippen LogP contribution in [0.4, 0.5) is 0 Å². The van der Waals surface area contributed by atoms with Gasteiger partial charge in [0.05, 0.1) is 12.2 Å². The molecule has 1 atom stereocenters. The van der Waals surface area contributed by atoms with E-state index in [1.165, 1.54) is 0 Å². The molecule has 1 aliphatic rings. The van der Waals surface area contributed by atoms with Crippen molar-refractivity contribution in [2.45, 2.75) is 44.8 Å². The largest absolute Gasteiger partial charge is 0.491 e. The van der Waals surface area contributed by atoms with Crippen molar-refractivity contribution in [3.63, 3.8) is 0 Å². The molecule has 2 aromatic carbocycles. The maximum Gasteiger partial charge on any atom is 0.199 e. The van der Waals surface area contributed by atoms with Crippen LogP contribution in [0.1, 0.15) is 54.6 Å². The monoisotopic (exact) mass is 463 g/mol. The van der Waals surface area contributed by atoms with Crippen LogP contribution in [-0.4, -0.2) is 50.8 Å². The molecule has 0 amide bonds. The van der Waals surface area contributed by atoms with Crippen molar-refractivity contribution in [2.75, 3.05) is 33.9 Å². The Morgan fingerprint density at radius 1 is 1.18 bits per heavy atom. The van der Waals surface area contributed by atoms with Crippen LogP contribution in [0, 0.1) is 0 Å². The van der Waals surface area contributed by atoms with E-state index in [0.29, 0.717) is 17.9 Å². The first-order valence-corrected chi connectivity index (χ1v) is 11.9. The summed E-state index contributed by atoms with van der Waals surface area (Å²) in [5, 5.41) is 0. The fourth-order valence-corrected chi connectivity index (χ4v) is 3.58. The number of carbonyl (C=O) groups is 1. The fraction of sp³-hybridized carbons (Fsp3) is 0.414. The molecule has 5 heteroatoms. The summed E-state index contributed by atoms with van der Waals surface area (Å²) in [6.45, 7) is 10.1. The van der Waals surface area contributed by atoms with Crippen LogP contribution >= 0.6 is 0 Å². The SMILES string of the molecule is C=CC(C)(C)c1ccc(OCCN(C)C)c(C(=O)/C=C/c2ccc(OC3CCCCO3)cc2)c1. The molecular weight excluding hydrogens is 426 g/mol. The van der Waals surface area contributed by atoms with E-state index in [0.717, 1.165) is 49.3 Å². The summed E-state index contributed by atoms with van der Waals surface area (Å²) in [4.78, 5) is 15.2. The Morgan fingerprint density at radius 3 is 2.59 bits per heavy atom. The van der Waals surface area contributed by atoms with E-state index in [4.69, 9.17) is 14.2 Å². The van der Waals surface area contributed by atoms with Gasteiger partial charge in [-0.05, 0) is 68.4 Å². The summed E-state index contributed by atoms with van der Waals surface area (Å²) in [5.41, 5.74) is 2.24. The number of ether oxygens (including phenoxy) is 3. The molecule has 0 aliphatic carbocycles. The van der Waals surface area contributed by atoms with Gasteiger partial charge in [0, 0.05) is 18.4 Å². The third-order valence-corrected chi connectivity index (χ3v) is 6.01. The molecule has 3 rings (SSSR count). The molecule has 1 saturated heterocycles. The van der Waals surface area contributed by atoms with E-state index >= 15 is 0 Å². The number of allylic oxidation sites excluding steroid dienone is 2. The van der Waals surface area contributed by atoms with Crippen LogP contribution in [0.3, 0.4) is 0 Å². The summed E-state index contributed by atoms with van der Waals surface area (Å²) < 4.78 is 17.5. The van der Waals surface area contributed by atoms with Gasteiger partial charge in [-0.3, -0.25) is 4.79 Å². The van der Waals surface area contributed by atoms with Crippen molar-refractivity contribution < 1.29 is 19.0 Å². The van der Waals surface area contributed by atoms with Gasteiger partial charge in [0.1, 0.15) is 18.1 Å². The van der Waals surface area contributed by atoms with Crippen LogP contribution < -0.4 is 9.47 Å². The molecule has 0 spiro atoms. The number of likely N-dealkylation sites (N-methyl/N-ethyl adjacent to an activating group) is 1. The third-order valence-electron chi connectivity index (χ3n) is 6.01. The smallest absolute Gasteiger partial charge is 0.199 e. The second-order valence-electron chi connectivity index (χ2n) is 9.47. The van der Waals surface area contributed by atoms with Gasteiger partial charge in [-0.1, -0.05) is 44.2 Å². The second kappa shape index (κ2) is 12.0. The van der Waals surface area contributed by atoms with Crippen molar-refractivity contribution in [3.8, 4) is 11.5 Å². The Morgan fingerprint density at radius 2 is 1.94 bits per heavy atom. The summed E-state index contributed by atoms with van der Waals surface area (Å²) in [7, 11) is 3.98. The van der Waals surface area contributed by atoms with Crippen molar-refractivity contribution in [1.82, 2.24) is 4.90 Å². The number of benzene rings is 2. The van der Waals surface area contributed by atoms with Gasteiger partial charge in [0.15, 0.2) is 12.1 Å². The number of hydrogen-bond donors (Lipinski definition) is 0. The predicted octanol–water partition coefficient (Wildman–Crippen LogP) is 5.89. The van der Waals surface area contributed by atoms with Crippen LogP contribution in [0.15, 0.2) is 61.2 Å². The van der Waals surface area contributed by atoms with Gasteiger partial charge in [-0.25, -0.2) is 0 Å². The number of rotatable bonds is 11. The summed E-state index contributed by atoms with van der Waals surface area (Å²) in [5.74, 6) is 1.26. The highest BCUT2D eigenvalue weighted by molar-refractivity contribution is 6.08. The van der Waals surface area contributed by atoms with E-state index < -0.39 is 0 Å². The quantitative estimate of drug-likeness (QED) is 0.236. The molecule has 0 bridgehead atoms. The van der Waals surface area contributed by atoms with Gasteiger partial charge in [-0.2, -0.15) is 0 Å². The topological polar surface area (TPSA) is 48.0 Å². The zero-order valence-corrected chi connectivity index (χ0v) is 20.9. The second-order valence-corrected chi connectivity index (χ2v) is 9.47. The van der Waals surface area contributed by atoms with Gasteiger partial charge in [0.25, 0.3) is 0 Å². The molecule has 0 saturated carbocycles. The minimum Gasteiger partial charge on any atom is -0.491 e. The first kappa shape index (κ1) is 25.7. The molecular formula is C29H37NO4. The van der Waals surface area contributed by atoms with E-state index in [9.17, 15) is 4.79 Å². The average molecular weight is 464 g/mol. The molecule has 1 heterocycles. The zero-order chi connectivity index (χ0) is 24.6. The normalized spacial score (nSPS) is 16.6. The highest BCUT2D eigenvalue weighted by atomic mass is 16.7. The first-order chi connectivity index (χ1) is 16.3. The summed E-state index contributed by atoms with van der Waals surface area (Å²) in [6.07, 6.45) is 8.26. The van der Waals surface area contributed by atoms with Crippen LogP contribution in [0.25, 0.3) is 6.08 Å². The van der Waals surface area contributed by atoms with Gasteiger partial charge < -0.3 is 19.1 Å². The summed E-state index contributed by atoms with van der Waals surface area (Å²) in [6, 6.07) is 13.5. The van der Waals surface area contributed by atoms with Crippen molar-refractivity contribution in [2.24, 2.45) is 0 Å². The zero-order valence-electron chi connectivity index (χ0n) is 20.9. The predicted molar refractivity (Wildman–Crippen MR) is 138 cm³/mol. The lowest BCUT2D eigenvalue weighted by atomic mass is 9.83. The lowest BCUT2D eigenvalue weighted by Crippen LogP contribution is -2.24. The minimum atomic E-state index is -0.251. The average Bonchev–Trinajstić information content (AvgIpc) is 2.84. The molecule has 2 aromatic rings. The first-order valence-electron chi connectivity index (χ1n) is 11.9. The standard InChI is InChI=1S/C29H37NO4/c1-6-29(2,3)23-13-17-27(32-20-18-30(4)5)25(21-23)26(31)16-12-22-10-14-24(15-11-22)34-28-9-7-8-19-33-28/h6,10-17,21,28H,1,7-9,18-20H2,2-5H3/b16-12+. The Labute approximate surface area is 204 Å². The summed E-state index contributed by atoms with van der Waals surface area (Å²) >= 11 is 0. The number of carbonyl (C=O) groups excluding carboxylic acids is 1. The molecule has 1 fully saturated rings. The van der Waals surface area contributed by atoms with E-state index in [-0.39, 0.29) is 17.5 Å². The Kier molecular flexibility index (Phi) is 9.08. The molecule has 0 N–H and O–H groups in total. The molecule has 0 aromatic heterocycles. The van der Waals surface area contributed by atoms with Gasteiger partial charge in [-0.15, -0.1) is 6.58 Å². The highest BCUT2D eigenvalue weighted by Gasteiger charge is 2.20. The number of ketones is 1. The van der Waals surface area contributed by atoms with Crippen molar-refractivity contribution in [3.05, 3.63) is 77.9 Å². The molecule has 34 heavy (non-hydrogen) atoms. The van der Waals surface area contributed by atoms with Gasteiger partial charge in [0.2, 0.25) is 0 Å². The number of hydrogen-bond acceptors (Lipinski definition) is 5. The van der Waals surface area contributed by atoms with Crippen molar-refractivity contribution in [1.29, 1.82) is 0 Å². The van der Waals surface area contributed by atoms with E-state index in [1.807, 2.05) is 73.6 Å². The molecule has 5 nitrogen and oxygen atoms in total. The third kappa shape index (κ3) is 7.31. The fourth-order valence-electron chi connectivity index (χ4n) is 3.58. The van der Waals surface area contributed by atoms with E-state index in [2.05, 4.69) is 20.4 Å². The molecule has 0 radical (unpaired) electrons. The van der Waals surface area contributed by atoms with E-state index in [1.54, 1.807) is 6.08 Å². The number of nitrogens with zero attached hydrogens (tertiary/aromatic N) is 1. The Hall–Kier alpha value is -2.89. The Bertz CT molecular complexity index is 986. The molecule has 182 valence electrons. The minimum absolute atomic E-state index is 0.0995. The lowest BCUT2D eigenvalue weighted by molar-refractivity contribution is -0.105. The van der Waals surface area contributed by atoms with Crippen LogP contribution in [0.2, 0.25) is 0 Å².